The molecular formula is C14H26N2S. The standard InChI is InChI=1S/C14H26N2S/c1-12(2,3)10-9-16(14(7,8)17)11(15-10)13(4,5)6/h9,17H,1-8H3. The molecule has 0 aliphatic rings. The van der Waals surface area contributed by atoms with Gasteiger partial charge in [-0.15, -0.1) is 0 Å². The van der Waals surface area contributed by atoms with Gasteiger partial charge in [0.25, 0.3) is 0 Å². The molecule has 0 aliphatic carbocycles. The monoisotopic (exact) mass is 254 g/mol. The van der Waals surface area contributed by atoms with Crippen molar-refractivity contribution < 1.29 is 0 Å². The first-order chi connectivity index (χ1) is 7.33. The van der Waals surface area contributed by atoms with Gasteiger partial charge in [-0.3, -0.25) is 0 Å². The molecule has 0 spiro atoms. The zero-order valence-corrected chi connectivity index (χ0v) is 13.3. The van der Waals surface area contributed by atoms with Crippen LogP contribution in [0.5, 0.6) is 0 Å². The quantitative estimate of drug-likeness (QED) is 0.747. The fourth-order valence-electron chi connectivity index (χ4n) is 1.69. The van der Waals surface area contributed by atoms with Crippen molar-refractivity contribution in [2.75, 3.05) is 0 Å². The number of hydrogen-bond acceptors (Lipinski definition) is 2. The van der Waals surface area contributed by atoms with E-state index < -0.39 is 0 Å². The van der Waals surface area contributed by atoms with Gasteiger partial charge in [-0.1, -0.05) is 41.5 Å². The minimum absolute atomic E-state index is 0.0312. The van der Waals surface area contributed by atoms with Crippen LogP contribution in [0.25, 0.3) is 0 Å². The van der Waals surface area contributed by atoms with Gasteiger partial charge in [-0.05, 0) is 13.8 Å². The van der Waals surface area contributed by atoms with E-state index in [1.807, 2.05) is 0 Å². The Morgan fingerprint density at radius 1 is 0.941 bits per heavy atom. The molecule has 0 saturated carbocycles. The van der Waals surface area contributed by atoms with Crippen LogP contribution in [-0.2, 0) is 15.7 Å². The normalized spacial score (nSPS) is 14.2. The molecule has 98 valence electrons. The maximum Gasteiger partial charge on any atom is 0.115 e. The first-order valence-corrected chi connectivity index (χ1v) is 6.61. The molecule has 17 heavy (non-hydrogen) atoms. The second-order valence-corrected chi connectivity index (χ2v) is 8.41. The molecule has 0 aromatic carbocycles. The molecule has 0 amide bonds. The van der Waals surface area contributed by atoms with Crippen LogP contribution in [0, 0.1) is 0 Å². The second kappa shape index (κ2) is 4.04. The fraction of sp³-hybridized carbons (Fsp3) is 0.786. The average Bonchev–Trinajstić information content (AvgIpc) is 2.42. The molecule has 0 N–H and O–H groups in total. The molecule has 1 aromatic heterocycles. The molecule has 1 heterocycles. The maximum atomic E-state index is 4.83. The highest BCUT2D eigenvalue weighted by molar-refractivity contribution is 7.81. The van der Waals surface area contributed by atoms with Crippen LogP contribution in [0.1, 0.15) is 66.9 Å². The van der Waals surface area contributed by atoms with Gasteiger partial charge < -0.3 is 4.57 Å². The molecule has 2 nitrogen and oxygen atoms in total. The SMILES string of the molecule is CC(C)(C)c1cn(C(C)(C)S)c(C(C)(C)C)n1. The minimum atomic E-state index is -0.223. The molecule has 0 bridgehead atoms. The van der Waals surface area contributed by atoms with Crippen molar-refractivity contribution in [3.63, 3.8) is 0 Å². The van der Waals surface area contributed by atoms with Crippen molar-refractivity contribution in [3.05, 3.63) is 17.7 Å². The largest absolute Gasteiger partial charge is 0.320 e. The minimum Gasteiger partial charge on any atom is -0.320 e. The van der Waals surface area contributed by atoms with Gasteiger partial charge in [-0.25, -0.2) is 4.98 Å². The highest BCUT2D eigenvalue weighted by atomic mass is 32.1. The van der Waals surface area contributed by atoms with E-state index in [9.17, 15) is 0 Å². The Bertz CT molecular complexity index is 366. The van der Waals surface area contributed by atoms with Crippen molar-refractivity contribution in [3.8, 4) is 0 Å². The first kappa shape index (κ1) is 14.6. The van der Waals surface area contributed by atoms with Crippen LogP contribution in [0.3, 0.4) is 0 Å². The Morgan fingerprint density at radius 3 is 1.65 bits per heavy atom. The summed E-state index contributed by atoms with van der Waals surface area (Å²) in [5.41, 5.74) is 1.23. The van der Waals surface area contributed by atoms with E-state index in [-0.39, 0.29) is 15.7 Å². The lowest BCUT2D eigenvalue weighted by Crippen LogP contribution is -2.27. The smallest absolute Gasteiger partial charge is 0.115 e. The predicted octanol–water partition coefficient (Wildman–Crippen LogP) is 4.10. The van der Waals surface area contributed by atoms with Crippen molar-refractivity contribution in [2.24, 2.45) is 0 Å². The average molecular weight is 254 g/mol. The Labute approximate surface area is 111 Å². The third-order valence-corrected chi connectivity index (χ3v) is 2.95. The van der Waals surface area contributed by atoms with Gasteiger partial charge in [-0.2, -0.15) is 12.6 Å². The van der Waals surface area contributed by atoms with Crippen LogP contribution in [-0.4, -0.2) is 9.55 Å². The summed E-state index contributed by atoms with van der Waals surface area (Å²) in [4.78, 5) is 4.61. The number of rotatable bonds is 1. The van der Waals surface area contributed by atoms with Crippen molar-refractivity contribution in [1.29, 1.82) is 0 Å². The molecule has 0 unspecified atom stereocenters. The highest BCUT2D eigenvalue weighted by Crippen LogP contribution is 2.32. The van der Waals surface area contributed by atoms with E-state index in [1.165, 1.54) is 0 Å². The molecule has 3 heteroatoms. The number of hydrogen-bond donors (Lipinski definition) is 1. The van der Waals surface area contributed by atoms with Gasteiger partial charge in [0.2, 0.25) is 0 Å². The molecule has 1 aromatic rings. The summed E-state index contributed by atoms with van der Waals surface area (Å²) in [6, 6.07) is 0. The molecular weight excluding hydrogens is 228 g/mol. The van der Waals surface area contributed by atoms with Crippen LogP contribution < -0.4 is 0 Å². The zero-order valence-electron chi connectivity index (χ0n) is 12.4. The van der Waals surface area contributed by atoms with Crippen LogP contribution in [0.15, 0.2) is 6.20 Å². The summed E-state index contributed by atoms with van der Waals surface area (Å²) in [5.74, 6) is 1.10. The molecule has 0 fully saturated rings. The van der Waals surface area contributed by atoms with Crippen LogP contribution >= 0.6 is 12.6 Å². The highest BCUT2D eigenvalue weighted by Gasteiger charge is 2.30. The third kappa shape index (κ3) is 3.27. The first-order valence-electron chi connectivity index (χ1n) is 6.16. The second-order valence-electron chi connectivity index (χ2n) is 7.31. The van der Waals surface area contributed by atoms with Crippen molar-refractivity contribution in [1.82, 2.24) is 9.55 Å². The lowest BCUT2D eigenvalue weighted by molar-refractivity contribution is 0.444. The predicted molar refractivity (Wildman–Crippen MR) is 77.9 cm³/mol. The Kier molecular flexibility index (Phi) is 3.48. The van der Waals surface area contributed by atoms with Crippen molar-refractivity contribution in [2.45, 2.75) is 71.1 Å². The van der Waals surface area contributed by atoms with Gasteiger partial charge in [0.1, 0.15) is 5.82 Å². The Balaban J connectivity index is 3.44. The van der Waals surface area contributed by atoms with E-state index >= 15 is 0 Å². The molecule has 0 saturated heterocycles. The third-order valence-electron chi connectivity index (χ3n) is 2.73. The molecule has 1 rings (SSSR count). The zero-order chi connectivity index (χ0) is 13.6. The molecule has 0 atom stereocenters. The maximum absolute atomic E-state index is 4.83. The van der Waals surface area contributed by atoms with Crippen LogP contribution in [0.4, 0.5) is 0 Å². The van der Waals surface area contributed by atoms with Gasteiger partial charge in [0, 0.05) is 17.0 Å². The number of thiol groups is 1. The lowest BCUT2D eigenvalue weighted by atomic mass is 9.92. The Hall–Kier alpha value is -0.440. The summed E-state index contributed by atoms with van der Waals surface area (Å²) in [5, 5.41) is 0. The van der Waals surface area contributed by atoms with E-state index in [4.69, 9.17) is 4.98 Å². The van der Waals surface area contributed by atoms with E-state index in [0.717, 1.165) is 11.5 Å². The van der Waals surface area contributed by atoms with E-state index in [1.54, 1.807) is 0 Å². The summed E-state index contributed by atoms with van der Waals surface area (Å²) in [6.45, 7) is 17.3. The summed E-state index contributed by atoms with van der Waals surface area (Å²) >= 11 is 4.68. The summed E-state index contributed by atoms with van der Waals surface area (Å²) < 4.78 is 2.19. The van der Waals surface area contributed by atoms with Crippen LogP contribution in [0.2, 0.25) is 0 Å². The van der Waals surface area contributed by atoms with E-state index in [0.29, 0.717) is 0 Å². The topological polar surface area (TPSA) is 17.8 Å². The molecule has 0 aliphatic heterocycles. The Morgan fingerprint density at radius 2 is 1.41 bits per heavy atom. The fourth-order valence-corrected chi connectivity index (χ4v) is 1.84. The number of nitrogens with zero attached hydrogens (tertiary/aromatic N) is 2. The number of imidazole rings is 1. The van der Waals surface area contributed by atoms with Gasteiger partial charge >= 0.3 is 0 Å². The van der Waals surface area contributed by atoms with E-state index in [2.05, 4.69) is 78.8 Å². The van der Waals surface area contributed by atoms with Gasteiger partial charge in [0.15, 0.2) is 0 Å². The summed E-state index contributed by atoms with van der Waals surface area (Å²) in [6.07, 6.45) is 2.15. The van der Waals surface area contributed by atoms with Crippen molar-refractivity contribution >= 4 is 12.6 Å². The number of aromatic nitrogens is 2. The molecule has 0 radical (unpaired) electrons. The van der Waals surface area contributed by atoms with Gasteiger partial charge in [0.05, 0.1) is 10.6 Å². The summed E-state index contributed by atoms with van der Waals surface area (Å²) in [7, 11) is 0. The lowest BCUT2D eigenvalue weighted by Gasteiger charge is -2.27.